The molecule has 2 atom stereocenters. The Morgan fingerprint density at radius 2 is 1.94 bits per heavy atom. The fourth-order valence-corrected chi connectivity index (χ4v) is 5.02. The number of halogens is 2. The van der Waals surface area contributed by atoms with Crippen LogP contribution in [-0.4, -0.2) is 29.0 Å². The van der Waals surface area contributed by atoms with Gasteiger partial charge in [0, 0.05) is 5.56 Å². The maximum Gasteiger partial charge on any atom is 0.233 e. The van der Waals surface area contributed by atoms with Crippen molar-refractivity contribution >= 4 is 60.8 Å². The van der Waals surface area contributed by atoms with E-state index >= 15 is 0 Å². The summed E-state index contributed by atoms with van der Waals surface area (Å²) in [5.41, 5.74) is 0.507. The number of thiophene rings is 1. The van der Waals surface area contributed by atoms with Crippen molar-refractivity contribution in [1.29, 1.82) is 0 Å². The molecule has 2 fully saturated rings. The number of rotatable bonds is 3. The first-order valence-corrected chi connectivity index (χ1v) is 7.72. The molecule has 1 saturated carbocycles. The van der Waals surface area contributed by atoms with Gasteiger partial charge in [0.1, 0.15) is 0 Å². The molecule has 1 aromatic heterocycles. The molecule has 2 unspecified atom stereocenters. The number of hydrogen-bond acceptors (Lipinski definition) is 4. The lowest BCUT2D eigenvalue weighted by Crippen LogP contribution is -2.37. The minimum atomic E-state index is -0.216. The van der Waals surface area contributed by atoms with E-state index in [0.29, 0.717) is 15.8 Å². The normalized spacial score (nSPS) is 25.6. The number of hydrogen-bond donors (Lipinski definition) is 0. The maximum absolute atomic E-state index is 12.1. The van der Waals surface area contributed by atoms with E-state index in [2.05, 4.69) is 31.9 Å². The summed E-state index contributed by atoms with van der Waals surface area (Å²) < 4.78 is 1.54. The van der Waals surface area contributed by atoms with Crippen LogP contribution in [0, 0.1) is 11.8 Å². The number of nitrogens with zero attached hydrogens (tertiary/aromatic N) is 1. The third-order valence-corrected chi connectivity index (χ3v) is 5.55. The highest BCUT2D eigenvalue weighted by atomic mass is 79.9. The SMILES string of the molecule is O=C(CN1C(=O)C2CC2C1=O)c1cc(Br)sc1Br. The number of fused-ring (bicyclic) bond motifs is 1. The molecule has 0 spiro atoms. The predicted molar refractivity (Wildman–Crippen MR) is 72.4 cm³/mol. The van der Waals surface area contributed by atoms with Gasteiger partial charge in [-0.25, -0.2) is 0 Å². The quantitative estimate of drug-likeness (QED) is 0.586. The van der Waals surface area contributed by atoms with E-state index in [1.54, 1.807) is 6.07 Å². The van der Waals surface area contributed by atoms with Gasteiger partial charge in [-0.15, -0.1) is 11.3 Å². The smallest absolute Gasteiger partial charge is 0.233 e. The van der Waals surface area contributed by atoms with Crippen molar-refractivity contribution in [1.82, 2.24) is 4.90 Å². The molecular formula is C11H7Br2NO3S. The molecule has 1 aromatic rings. The molecule has 18 heavy (non-hydrogen) atoms. The molecule has 1 aliphatic carbocycles. The highest BCUT2D eigenvalue weighted by molar-refractivity contribution is 9.12. The first kappa shape index (κ1) is 12.5. The first-order chi connectivity index (χ1) is 8.49. The fraction of sp³-hybridized carbons (Fsp3) is 0.364. The summed E-state index contributed by atoms with van der Waals surface area (Å²) in [6, 6.07) is 1.70. The predicted octanol–water partition coefficient (Wildman–Crippen LogP) is 2.46. The first-order valence-electron chi connectivity index (χ1n) is 5.32. The highest BCUT2D eigenvalue weighted by Gasteiger charge is 2.59. The van der Waals surface area contributed by atoms with Gasteiger partial charge in [-0.2, -0.15) is 0 Å². The topological polar surface area (TPSA) is 54.5 Å². The van der Waals surface area contributed by atoms with Gasteiger partial charge in [0.15, 0.2) is 5.78 Å². The second-order valence-electron chi connectivity index (χ2n) is 4.37. The average molecular weight is 393 g/mol. The van der Waals surface area contributed by atoms with Crippen LogP contribution in [0.3, 0.4) is 0 Å². The Kier molecular flexibility index (Phi) is 2.95. The number of carbonyl (C=O) groups excluding carboxylic acids is 3. The van der Waals surface area contributed by atoms with E-state index in [-0.39, 0.29) is 36.0 Å². The lowest BCUT2D eigenvalue weighted by atomic mass is 10.2. The van der Waals surface area contributed by atoms with Gasteiger partial charge in [0.25, 0.3) is 0 Å². The Morgan fingerprint density at radius 1 is 1.33 bits per heavy atom. The lowest BCUT2D eigenvalue weighted by molar-refractivity contribution is -0.140. The molecule has 0 aromatic carbocycles. The number of piperidine rings is 1. The standard InChI is InChI=1S/C11H7Br2NO3S/c12-8-2-6(9(13)18-8)7(15)3-14-10(16)4-1-5(4)11(14)17/h2,4-5H,1,3H2. The van der Waals surface area contributed by atoms with E-state index in [1.807, 2.05) is 0 Å². The van der Waals surface area contributed by atoms with Crippen molar-refractivity contribution in [2.75, 3.05) is 6.54 Å². The summed E-state index contributed by atoms with van der Waals surface area (Å²) in [7, 11) is 0. The van der Waals surface area contributed by atoms with Crippen molar-refractivity contribution < 1.29 is 14.4 Å². The summed E-state index contributed by atoms with van der Waals surface area (Å²) in [5.74, 6) is -0.898. The Morgan fingerprint density at radius 3 is 2.44 bits per heavy atom. The van der Waals surface area contributed by atoms with E-state index in [9.17, 15) is 14.4 Å². The van der Waals surface area contributed by atoms with Gasteiger partial charge < -0.3 is 0 Å². The number of Topliss-reactive ketones (excluding diaryl/α,β-unsaturated/α-hetero) is 1. The summed E-state index contributed by atoms with van der Waals surface area (Å²) in [5, 5.41) is 0. The minimum absolute atomic E-state index is 0.146. The number of amides is 2. The van der Waals surface area contributed by atoms with Gasteiger partial charge in [-0.1, -0.05) is 0 Å². The van der Waals surface area contributed by atoms with Crippen LogP contribution in [0.5, 0.6) is 0 Å². The van der Waals surface area contributed by atoms with E-state index < -0.39 is 0 Å². The zero-order chi connectivity index (χ0) is 13.0. The summed E-state index contributed by atoms with van der Waals surface area (Å²) in [6.07, 6.45) is 0.663. The number of likely N-dealkylation sites (tertiary alicyclic amines) is 1. The fourth-order valence-electron chi connectivity index (χ4n) is 2.16. The number of imide groups is 1. The third-order valence-electron chi connectivity index (χ3n) is 3.22. The molecule has 7 heteroatoms. The molecule has 0 N–H and O–H groups in total. The van der Waals surface area contributed by atoms with Crippen molar-refractivity contribution in [3.05, 3.63) is 19.2 Å². The van der Waals surface area contributed by atoms with Crippen LogP contribution in [0.4, 0.5) is 0 Å². The molecule has 1 aliphatic heterocycles. The third kappa shape index (κ3) is 1.88. The molecular weight excluding hydrogens is 386 g/mol. The molecule has 0 bridgehead atoms. The average Bonchev–Trinajstić information content (AvgIpc) is 2.98. The van der Waals surface area contributed by atoms with Crippen LogP contribution >= 0.6 is 43.2 Å². The van der Waals surface area contributed by atoms with Crippen molar-refractivity contribution in [3.8, 4) is 0 Å². The van der Waals surface area contributed by atoms with Gasteiger partial charge in [-0.3, -0.25) is 19.3 Å². The molecule has 3 rings (SSSR count). The van der Waals surface area contributed by atoms with E-state index in [4.69, 9.17) is 0 Å². The van der Waals surface area contributed by atoms with Crippen molar-refractivity contribution in [2.24, 2.45) is 11.8 Å². The molecule has 2 heterocycles. The molecule has 2 aliphatic rings. The van der Waals surface area contributed by atoms with Crippen molar-refractivity contribution in [2.45, 2.75) is 6.42 Å². The molecule has 0 radical (unpaired) electrons. The number of carbonyl (C=O) groups is 3. The zero-order valence-electron chi connectivity index (χ0n) is 8.98. The molecule has 4 nitrogen and oxygen atoms in total. The monoisotopic (exact) mass is 391 g/mol. The minimum Gasteiger partial charge on any atom is -0.292 e. The largest absolute Gasteiger partial charge is 0.292 e. The summed E-state index contributed by atoms with van der Waals surface area (Å²) in [4.78, 5) is 36.7. The highest BCUT2D eigenvalue weighted by Crippen LogP contribution is 2.47. The van der Waals surface area contributed by atoms with Gasteiger partial charge >= 0.3 is 0 Å². The maximum atomic E-state index is 12.1. The second-order valence-corrected chi connectivity index (χ2v) is 8.12. The van der Waals surface area contributed by atoms with Gasteiger partial charge in [0.05, 0.1) is 26.0 Å². The molecule has 94 valence electrons. The number of ketones is 1. The van der Waals surface area contributed by atoms with Crippen LogP contribution in [0.15, 0.2) is 13.6 Å². The second kappa shape index (κ2) is 4.25. The summed E-state index contributed by atoms with van der Waals surface area (Å²) in [6.45, 7) is -0.146. The lowest BCUT2D eigenvalue weighted by Gasteiger charge is -2.14. The van der Waals surface area contributed by atoms with Crippen LogP contribution in [0.1, 0.15) is 16.8 Å². The Hall–Kier alpha value is -0.530. The van der Waals surface area contributed by atoms with E-state index in [1.165, 1.54) is 11.3 Å². The Bertz CT molecular complexity index is 563. The molecule has 1 saturated heterocycles. The van der Waals surface area contributed by atoms with Crippen LogP contribution < -0.4 is 0 Å². The van der Waals surface area contributed by atoms with E-state index in [0.717, 1.165) is 8.69 Å². The molecule has 2 amide bonds. The summed E-state index contributed by atoms with van der Waals surface area (Å²) >= 11 is 7.98. The zero-order valence-corrected chi connectivity index (χ0v) is 13.0. The van der Waals surface area contributed by atoms with Gasteiger partial charge in [-0.05, 0) is 44.3 Å². The van der Waals surface area contributed by atoms with Crippen LogP contribution in [-0.2, 0) is 9.59 Å². The van der Waals surface area contributed by atoms with Crippen LogP contribution in [0.2, 0.25) is 0 Å². The Balaban J connectivity index is 1.77. The van der Waals surface area contributed by atoms with Crippen molar-refractivity contribution in [3.63, 3.8) is 0 Å². The van der Waals surface area contributed by atoms with Gasteiger partial charge in [0.2, 0.25) is 11.8 Å². The van der Waals surface area contributed by atoms with Crippen LogP contribution in [0.25, 0.3) is 0 Å². The Labute approximate surface area is 124 Å².